The maximum absolute atomic E-state index is 13.2. The Hall–Kier alpha value is -3.88. The molecule has 9 heteroatoms. The molecule has 0 bridgehead atoms. The van der Waals surface area contributed by atoms with Gasteiger partial charge < -0.3 is 4.74 Å². The van der Waals surface area contributed by atoms with Gasteiger partial charge in [-0.15, -0.1) is 0 Å². The number of aromatic nitrogens is 2. The molecule has 0 saturated carbocycles. The first-order valence-corrected chi connectivity index (χ1v) is 9.12. The smallest absolute Gasteiger partial charge is 0.422 e. The van der Waals surface area contributed by atoms with E-state index in [1.165, 1.54) is 18.2 Å². The predicted molar refractivity (Wildman–Crippen MR) is 107 cm³/mol. The minimum Gasteiger partial charge on any atom is -0.440 e. The summed E-state index contributed by atoms with van der Waals surface area (Å²) in [6, 6.07) is 16.4. The molecular formula is C22H15F4N3O2. The molecule has 0 saturated heterocycles. The van der Waals surface area contributed by atoms with Crippen molar-refractivity contribution < 1.29 is 27.1 Å². The maximum Gasteiger partial charge on any atom is 0.422 e. The van der Waals surface area contributed by atoms with Crippen molar-refractivity contribution in [3.8, 4) is 22.4 Å². The molecule has 0 aliphatic heterocycles. The van der Waals surface area contributed by atoms with E-state index in [0.717, 1.165) is 11.1 Å². The van der Waals surface area contributed by atoms with E-state index in [1.807, 2.05) is 22.7 Å². The Bertz CT molecular complexity index is 1230. The average Bonchev–Trinajstić information content (AvgIpc) is 3.16. The number of nitrogens with zero attached hydrogens (tertiary/aromatic N) is 2. The van der Waals surface area contributed by atoms with Gasteiger partial charge in [0.1, 0.15) is 11.5 Å². The van der Waals surface area contributed by atoms with Crippen LogP contribution in [0.2, 0.25) is 0 Å². The van der Waals surface area contributed by atoms with Gasteiger partial charge in [-0.3, -0.25) is 9.72 Å². The molecule has 0 fully saturated rings. The summed E-state index contributed by atoms with van der Waals surface area (Å²) >= 11 is 0. The number of amides is 1. The highest BCUT2D eigenvalue weighted by atomic mass is 19.4. The fourth-order valence-corrected chi connectivity index (χ4v) is 3.07. The van der Waals surface area contributed by atoms with E-state index in [4.69, 9.17) is 0 Å². The number of benzene rings is 2. The van der Waals surface area contributed by atoms with Crippen LogP contribution in [0.15, 0.2) is 73.1 Å². The summed E-state index contributed by atoms with van der Waals surface area (Å²) in [5, 5.41) is 2.28. The third-order valence-corrected chi connectivity index (χ3v) is 4.46. The van der Waals surface area contributed by atoms with Crippen LogP contribution in [0.5, 0.6) is 0 Å². The van der Waals surface area contributed by atoms with Crippen LogP contribution in [0.25, 0.3) is 28.0 Å². The van der Waals surface area contributed by atoms with Gasteiger partial charge in [-0.2, -0.15) is 13.2 Å². The minimum absolute atomic E-state index is 0.280. The van der Waals surface area contributed by atoms with Crippen LogP contribution in [0.3, 0.4) is 0 Å². The van der Waals surface area contributed by atoms with Gasteiger partial charge >= 0.3 is 12.3 Å². The molecule has 1 amide bonds. The Labute approximate surface area is 173 Å². The average molecular weight is 429 g/mol. The third-order valence-electron chi connectivity index (χ3n) is 4.46. The summed E-state index contributed by atoms with van der Waals surface area (Å²) in [5.74, 6) is -0.316. The summed E-state index contributed by atoms with van der Waals surface area (Å²) in [6.07, 6.45) is -2.34. The van der Waals surface area contributed by atoms with Crippen LogP contribution in [0.4, 0.5) is 28.0 Å². The zero-order valence-electron chi connectivity index (χ0n) is 15.9. The van der Waals surface area contributed by atoms with E-state index in [2.05, 4.69) is 15.0 Å². The van der Waals surface area contributed by atoms with Crippen molar-refractivity contribution in [2.45, 2.75) is 6.18 Å². The van der Waals surface area contributed by atoms with E-state index in [0.29, 0.717) is 16.9 Å². The molecule has 0 spiro atoms. The molecule has 4 rings (SSSR count). The van der Waals surface area contributed by atoms with Crippen molar-refractivity contribution in [1.82, 2.24) is 9.38 Å². The highest BCUT2D eigenvalue weighted by Crippen LogP contribution is 2.27. The largest absolute Gasteiger partial charge is 0.440 e. The van der Waals surface area contributed by atoms with E-state index >= 15 is 0 Å². The zero-order valence-corrected chi connectivity index (χ0v) is 15.9. The van der Waals surface area contributed by atoms with E-state index in [-0.39, 0.29) is 11.5 Å². The van der Waals surface area contributed by atoms with Crippen LogP contribution in [-0.2, 0) is 4.74 Å². The highest BCUT2D eigenvalue weighted by molar-refractivity contribution is 5.86. The number of hydrogen-bond acceptors (Lipinski definition) is 3. The van der Waals surface area contributed by atoms with Crippen LogP contribution >= 0.6 is 0 Å². The van der Waals surface area contributed by atoms with Gasteiger partial charge in [0, 0.05) is 17.4 Å². The topological polar surface area (TPSA) is 55.6 Å². The van der Waals surface area contributed by atoms with Gasteiger partial charge in [-0.1, -0.05) is 24.3 Å². The van der Waals surface area contributed by atoms with Crippen molar-refractivity contribution in [1.29, 1.82) is 0 Å². The Morgan fingerprint density at radius 3 is 2.52 bits per heavy atom. The van der Waals surface area contributed by atoms with Crippen molar-refractivity contribution in [3.63, 3.8) is 0 Å². The van der Waals surface area contributed by atoms with E-state index in [1.54, 1.807) is 36.5 Å². The molecule has 0 atom stereocenters. The molecule has 0 aliphatic carbocycles. The molecule has 0 unspecified atom stereocenters. The summed E-state index contributed by atoms with van der Waals surface area (Å²) in [7, 11) is 0. The lowest BCUT2D eigenvalue weighted by Gasteiger charge is -2.10. The van der Waals surface area contributed by atoms with Gasteiger partial charge in [-0.05, 0) is 47.5 Å². The number of carbonyl (C=O) groups is 1. The van der Waals surface area contributed by atoms with E-state index < -0.39 is 18.9 Å². The van der Waals surface area contributed by atoms with Crippen LogP contribution < -0.4 is 5.32 Å². The summed E-state index contributed by atoms with van der Waals surface area (Å²) in [6.45, 7) is -1.66. The van der Waals surface area contributed by atoms with Crippen LogP contribution in [-0.4, -0.2) is 28.3 Å². The highest BCUT2D eigenvalue weighted by Gasteiger charge is 2.29. The molecule has 31 heavy (non-hydrogen) atoms. The molecule has 2 aromatic carbocycles. The van der Waals surface area contributed by atoms with Crippen molar-refractivity contribution >= 4 is 17.4 Å². The number of halogens is 4. The fraction of sp³-hybridized carbons (Fsp3) is 0.0909. The number of carbonyl (C=O) groups excluding carboxylic acids is 1. The maximum atomic E-state index is 13.2. The normalized spacial score (nSPS) is 11.5. The third kappa shape index (κ3) is 4.82. The standard InChI is InChI=1S/C22H15F4N3O2/c23-17-6-4-14(5-7-17)15-8-9-29-19(12-27-20(29)11-15)16-2-1-3-18(10-16)28-21(30)31-13-22(24,25)26/h1-12H,13H2,(H,28,30). The number of imidazole rings is 1. The number of anilines is 1. The lowest BCUT2D eigenvalue weighted by molar-refractivity contribution is -0.159. The first kappa shape index (κ1) is 20.4. The van der Waals surface area contributed by atoms with Crippen molar-refractivity contribution in [2.75, 3.05) is 11.9 Å². The van der Waals surface area contributed by atoms with Crippen molar-refractivity contribution in [2.24, 2.45) is 0 Å². The Morgan fingerprint density at radius 2 is 1.77 bits per heavy atom. The van der Waals surface area contributed by atoms with Gasteiger partial charge in [0.25, 0.3) is 0 Å². The quantitative estimate of drug-likeness (QED) is 0.410. The number of fused-ring (bicyclic) bond motifs is 1. The number of rotatable bonds is 4. The Balaban J connectivity index is 1.57. The summed E-state index contributed by atoms with van der Waals surface area (Å²) in [4.78, 5) is 16.0. The lowest BCUT2D eigenvalue weighted by atomic mass is 10.1. The molecule has 4 aromatic rings. The second-order valence-corrected chi connectivity index (χ2v) is 6.69. The second kappa shape index (κ2) is 8.10. The zero-order chi connectivity index (χ0) is 22.0. The van der Waals surface area contributed by atoms with Crippen LogP contribution in [0.1, 0.15) is 0 Å². The fourth-order valence-electron chi connectivity index (χ4n) is 3.07. The monoisotopic (exact) mass is 429 g/mol. The second-order valence-electron chi connectivity index (χ2n) is 6.69. The number of pyridine rings is 1. The lowest BCUT2D eigenvalue weighted by Crippen LogP contribution is -2.23. The number of nitrogens with one attached hydrogen (secondary N) is 1. The number of ether oxygens (including phenoxy) is 1. The summed E-state index contributed by atoms with van der Waals surface area (Å²) in [5.41, 5.74) is 4.05. The number of hydrogen-bond donors (Lipinski definition) is 1. The van der Waals surface area contributed by atoms with Gasteiger partial charge in [-0.25, -0.2) is 14.2 Å². The summed E-state index contributed by atoms with van der Waals surface area (Å²) < 4.78 is 55.7. The first-order valence-electron chi connectivity index (χ1n) is 9.12. The van der Waals surface area contributed by atoms with Crippen LogP contribution in [0, 0.1) is 5.82 Å². The molecule has 0 radical (unpaired) electrons. The van der Waals surface area contributed by atoms with Gasteiger partial charge in [0.05, 0.1) is 11.9 Å². The SMILES string of the molecule is O=C(Nc1cccc(-c2cnc3cc(-c4ccc(F)cc4)ccn23)c1)OCC(F)(F)F. The molecule has 5 nitrogen and oxygen atoms in total. The Kier molecular flexibility index (Phi) is 5.33. The van der Waals surface area contributed by atoms with E-state index in [9.17, 15) is 22.4 Å². The molecule has 2 aromatic heterocycles. The molecular weight excluding hydrogens is 414 g/mol. The molecule has 1 N–H and O–H groups in total. The van der Waals surface area contributed by atoms with Gasteiger partial charge in [0.2, 0.25) is 0 Å². The predicted octanol–water partition coefficient (Wildman–Crippen LogP) is 5.92. The minimum atomic E-state index is -4.59. The van der Waals surface area contributed by atoms with Crippen molar-refractivity contribution in [3.05, 3.63) is 78.9 Å². The first-order chi connectivity index (χ1) is 14.8. The molecule has 2 heterocycles. The Morgan fingerprint density at radius 1 is 1.00 bits per heavy atom. The van der Waals surface area contributed by atoms with Gasteiger partial charge in [0.15, 0.2) is 6.61 Å². The molecule has 158 valence electrons. The molecule has 0 aliphatic rings. The number of alkyl halides is 3.